The minimum atomic E-state index is -0.0936. The third-order valence-electron chi connectivity index (χ3n) is 2.30. The molecule has 0 aliphatic carbocycles. The van der Waals surface area contributed by atoms with Crippen LogP contribution >= 0.6 is 0 Å². The molecule has 1 rings (SSSR count). The van der Waals surface area contributed by atoms with E-state index in [1.807, 2.05) is 13.0 Å². The largest absolute Gasteiger partial charge is 0.496 e. The van der Waals surface area contributed by atoms with E-state index < -0.39 is 0 Å². The second kappa shape index (κ2) is 4.61. The van der Waals surface area contributed by atoms with Gasteiger partial charge in [0.1, 0.15) is 11.8 Å². The molecule has 0 fully saturated rings. The number of carbonyl (C=O) groups excluding carboxylic acids is 1. The number of Topliss-reactive ketones (excluding diaryl/α,β-unsaturated/α-hetero) is 1. The smallest absolute Gasteiger partial charge is 0.161 e. The molecule has 0 unspecified atom stereocenters. The molecule has 0 amide bonds. The van der Waals surface area contributed by atoms with Crippen molar-refractivity contribution in [2.75, 3.05) is 7.11 Å². The molecule has 0 aliphatic heterocycles. The Bertz CT molecular complexity index is 430. The van der Waals surface area contributed by atoms with Gasteiger partial charge >= 0.3 is 0 Å². The molecule has 0 heterocycles. The van der Waals surface area contributed by atoms with Gasteiger partial charge in [0.2, 0.25) is 0 Å². The Morgan fingerprint density at radius 1 is 1.53 bits per heavy atom. The summed E-state index contributed by atoms with van der Waals surface area (Å²) < 4.78 is 5.15. The van der Waals surface area contributed by atoms with E-state index in [1.165, 1.54) is 6.92 Å². The minimum absolute atomic E-state index is 0.0936. The summed E-state index contributed by atoms with van der Waals surface area (Å²) in [7, 11) is 1.56. The average molecular weight is 203 g/mol. The maximum atomic E-state index is 11.3. The second-order valence-electron chi connectivity index (χ2n) is 3.23. The zero-order chi connectivity index (χ0) is 11.4. The van der Waals surface area contributed by atoms with Crippen LogP contribution in [0.5, 0.6) is 5.75 Å². The van der Waals surface area contributed by atoms with E-state index in [0.29, 0.717) is 16.9 Å². The van der Waals surface area contributed by atoms with Crippen molar-refractivity contribution in [3.05, 3.63) is 28.8 Å². The van der Waals surface area contributed by atoms with Crippen molar-refractivity contribution in [2.24, 2.45) is 0 Å². The van der Waals surface area contributed by atoms with Crippen LogP contribution in [0, 0.1) is 11.3 Å². The number of aryl methyl sites for hydroxylation is 1. The molecule has 0 radical (unpaired) electrons. The summed E-state index contributed by atoms with van der Waals surface area (Å²) in [6.45, 7) is 3.44. The van der Waals surface area contributed by atoms with Crippen LogP contribution in [-0.4, -0.2) is 12.9 Å². The van der Waals surface area contributed by atoms with Crippen molar-refractivity contribution in [1.29, 1.82) is 5.26 Å². The van der Waals surface area contributed by atoms with Gasteiger partial charge in [-0.15, -0.1) is 0 Å². The first-order valence-electron chi connectivity index (χ1n) is 4.76. The van der Waals surface area contributed by atoms with Crippen LogP contribution in [0.2, 0.25) is 0 Å². The van der Waals surface area contributed by atoms with Gasteiger partial charge in [0.25, 0.3) is 0 Å². The van der Waals surface area contributed by atoms with Gasteiger partial charge in [-0.3, -0.25) is 4.79 Å². The standard InChI is InChI=1S/C12H13NO2/c1-4-9-5-11(8(2)14)10(7-13)6-12(9)15-3/h5-6H,4H2,1-3H3. The van der Waals surface area contributed by atoms with Crippen molar-refractivity contribution in [2.45, 2.75) is 20.3 Å². The van der Waals surface area contributed by atoms with Crippen LogP contribution in [0.4, 0.5) is 0 Å². The van der Waals surface area contributed by atoms with E-state index in [1.54, 1.807) is 19.2 Å². The number of ether oxygens (including phenoxy) is 1. The van der Waals surface area contributed by atoms with Crippen molar-refractivity contribution in [3.63, 3.8) is 0 Å². The molecule has 0 atom stereocenters. The van der Waals surface area contributed by atoms with E-state index in [-0.39, 0.29) is 5.78 Å². The molecule has 0 saturated carbocycles. The Kier molecular flexibility index (Phi) is 3.46. The third kappa shape index (κ3) is 2.16. The predicted octanol–water partition coefficient (Wildman–Crippen LogP) is 2.33. The summed E-state index contributed by atoms with van der Waals surface area (Å²) in [6, 6.07) is 5.36. The Morgan fingerprint density at radius 2 is 2.20 bits per heavy atom. The number of nitrogens with zero attached hydrogens (tertiary/aromatic N) is 1. The predicted molar refractivity (Wildman–Crippen MR) is 57.1 cm³/mol. The van der Waals surface area contributed by atoms with Crippen LogP contribution in [0.3, 0.4) is 0 Å². The van der Waals surface area contributed by atoms with Crippen LogP contribution < -0.4 is 4.74 Å². The first kappa shape index (κ1) is 11.3. The fourth-order valence-corrected chi connectivity index (χ4v) is 1.47. The number of hydrogen-bond donors (Lipinski definition) is 0. The Balaban J connectivity index is 3.42. The van der Waals surface area contributed by atoms with Crippen LogP contribution in [0.15, 0.2) is 12.1 Å². The summed E-state index contributed by atoms with van der Waals surface area (Å²) >= 11 is 0. The van der Waals surface area contributed by atoms with Crippen molar-refractivity contribution >= 4 is 5.78 Å². The zero-order valence-electron chi connectivity index (χ0n) is 9.13. The Labute approximate surface area is 89.3 Å². The van der Waals surface area contributed by atoms with E-state index in [9.17, 15) is 4.79 Å². The molecule has 1 aromatic rings. The van der Waals surface area contributed by atoms with Gasteiger partial charge in [-0.1, -0.05) is 6.92 Å². The number of ketones is 1. The van der Waals surface area contributed by atoms with Crippen LogP contribution in [-0.2, 0) is 6.42 Å². The maximum Gasteiger partial charge on any atom is 0.161 e. The molecule has 0 saturated heterocycles. The number of methoxy groups -OCH3 is 1. The Morgan fingerprint density at radius 3 is 2.60 bits per heavy atom. The quantitative estimate of drug-likeness (QED) is 0.708. The molecule has 0 spiro atoms. The Hall–Kier alpha value is -1.82. The fourth-order valence-electron chi connectivity index (χ4n) is 1.47. The molecule has 0 aliphatic rings. The lowest BCUT2D eigenvalue weighted by atomic mass is 9.99. The first-order chi connectivity index (χ1) is 7.13. The highest BCUT2D eigenvalue weighted by molar-refractivity contribution is 5.97. The molecule has 0 N–H and O–H groups in total. The number of nitriles is 1. The van der Waals surface area contributed by atoms with Gasteiger partial charge in [0, 0.05) is 5.56 Å². The monoisotopic (exact) mass is 203 g/mol. The van der Waals surface area contributed by atoms with E-state index >= 15 is 0 Å². The summed E-state index contributed by atoms with van der Waals surface area (Å²) in [6.07, 6.45) is 0.773. The third-order valence-corrected chi connectivity index (χ3v) is 2.30. The highest BCUT2D eigenvalue weighted by Gasteiger charge is 2.12. The highest BCUT2D eigenvalue weighted by atomic mass is 16.5. The van der Waals surface area contributed by atoms with E-state index in [0.717, 1.165) is 12.0 Å². The van der Waals surface area contributed by atoms with E-state index in [4.69, 9.17) is 10.00 Å². The van der Waals surface area contributed by atoms with Gasteiger partial charge in [-0.25, -0.2) is 0 Å². The number of hydrogen-bond acceptors (Lipinski definition) is 3. The summed E-state index contributed by atoms with van der Waals surface area (Å²) in [5, 5.41) is 8.89. The topological polar surface area (TPSA) is 50.1 Å². The van der Waals surface area contributed by atoms with Crippen LogP contribution in [0.25, 0.3) is 0 Å². The van der Waals surface area contributed by atoms with Crippen molar-refractivity contribution in [3.8, 4) is 11.8 Å². The molecule has 3 nitrogen and oxygen atoms in total. The van der Waals surface area contributed by atoms with Crippen molar-refractivity contribution < 1.29 is 9.53 Å². The van der Waals surface area contributed by atoms with Gasteiger partial charge in [0.15, 0.2) is 5.78 Å². The van der Waals surface area contributed by atoms with Gasteiger partial charge < -0.3 is 4.74 Å². The lowest BCUT2D eigenvalue weighted by Crippen LogP contribution is -2.01. The highest BCUT2D eigenvalue weighted by Crippen LogP contribution is 2.24. The lowest BCUT2D eigenvalue weighted by Gasteiger charge is -2.09. The molecule has 0 aromatic heterocycles. The minimum Gasteiger partial charge on any atom is -0.496 e. The maximum absolute atomic E-state index is 11.3. The molecular formula is C12H13NO2. The van der Waals surface area contributed by atoms with Crippen molar-refractivity contribution in [1.82, 2.24) is 0 Å². The van der Waals surface area contributed by atoms with Gasteiger partial charge in [-0.05, 0) is 31.0 Å². The van der Waals surface area contributed by atoms with Crippen LogP contribution in [0.1, 0.15) is 35.3 Å². The summed E-state index contributed by atoms with van der Waals surface area (Å²) in [4.78, 5) is 11.3. The molecule has 1 aromatic carbocycles. The lowest BCUT2D eigenvalue weighted by molar-refractivity contribution is 0.101. The normalized spacial score (nSPS) is 9.47. The van der Waals surface area contributed by atoms with Gasteiger partial charge in [0.05, 0.1) is 12.7 Å². The average Bonchev–Trinajstić information content (AvgIpc) is 2.26. The number of benzene rings is 1. The second-order valence-corrected chi connectivity index (χ2v) is 3.23. The van der Waals surface area contributed by atoms with E-state index in [2.05, 4.69) is 0 Å². The molecule has 0 bridgehead atoms. The number of carbonyl (C=O) groups is 1. The molecule has 15 heavy (non-hydrogen) atoms. The zero-order valence-corrected chi connectivity index (χ0v) is 9.13. The fraction of sp³-hybridized carbons (Fsp3) is 0.333. The first-order valence-corrected chi connectivity index (χ1v) is 4.76. The van der Waals surface area contributed by atoms with Gasteiger partial charge in [-0.2, -0.15) is 5.26 Å². The summed E-state index contributed by atoms with van der Waals surface area (Å²) in [5.74, 6) is 0.572. The summed E-state index contributed by atoms with van der Waals surface area (Å²) in [5.41, 5.74) is 1.79. The molecular weight excluding hydrogens is 190 g/mol. The molecule has 78 valence electrons. The SMILES string of the molecule is CCc1cc(C(C)=O)c(C#N)cc1OC. The molecule has 3 heteroatoms. The number of rotatable bonds is 3.